The molecule has 1 aromatic carbocycles. The van der Waals surface area contributed by atoms with Crippen molar-refractivity contribution in [3.05, 3.63) is 23.2 Å². The van der Waals surface area contributed by atoms with Gasteiger partial charge in [-0.2, -0.15) is 0 Å². The van der Waals surface area contributed by atoms with Crippen LogP contribution in [0.2, 0.25) is 5.02 Å². The number of hydrogen-bond acceptors (Lipinski definition) is 3. The molecule has 96 valence electrons. The summed E-state index contributed by atoms with van der Waals surface area (Å²) in [6.45, 7) is 7.61. The smallest absolute Gasteiger partial charge is 0.138 e. The summed E-state index contributed by atoms with van der Waals surface area (Å²) in [4.78, 5) is 2.17. The Morgan fingerprint density at radius 1 is 1.35 bits per heavy atom. The van der Waals surface area contributed by atoms with E-state index >= 15 is 0 Å². The number of nitrogens with zero attached hydrogens (tertiary/aromatic N) is 1. The van der Waals surface area contributed by atoms with E-state index in [0.29, 0.717) is 11.6 Å². The van der Waals surface area contributed by atoms with Crippen molar-refractivity contribution in [1.29, 1.82) is 0 Å². The fourth-order valence-corrected chi connectivity index (χ4v) is 1.78. The van der Waals surface area contributed by atoms with Crippen LogP contribution in [-0.2, 0) is 0 Å². The topological polar surface area (TPSA) is 24.5 Å². The fourth-order valence-electron chi connectivity index (χ4n) is 1.55. The summed E-state index contributed by atoms with van der Waals surface area (Å²) in [6, 6.07) is 5.90. The molecule has 0 aliphatic rings. The Morgan fingerprint density at radius 3 is 2.71 bits per heavy atom. The molecule has 0 bridgehead atoms. The number of anilines is 1. The zero-order valence-electron chi connectivity index (χ0n) is 10.8. The van der Waals surface area contributed by atoms with E-state index in [1.54, 1.807) is 0 Å². The van der Waals surface area contributed by atoms with Crippen molar-refractivity contribution in [2.75, 3.05) is 38.2 Å². The SMILES string of the molecule is CCNCCN(C)c1ccc(OCC)c(Cl)c1. The summed E-state index contributed by atoms with van der Waals surface area (Å²) in [7, 11) is 2.06. The second-order valence-electron chi connectivity index (χ2n) is 3.82. The van der Waals surface area contributed by atoms with Crippen LogP contribution >= 0.6 is 11.6 Å². The molecular formula is C13H21ClN2O. The standard InChI is InChI=1S/C13H21ClN2O/c1-4-15-8-9-16(3)11-6-7-13(17-5-2)12(14)10-11/h6-7,10,15H,4-5,8-9H2,1-3H3. The molecule has 0 fully saturated rings. The predicted molar refractivity (Wildman–Crippen MR) is 74.4 cm³/mol. The number of likely N-dealkylation sites (N-methyl/N-ethyl adjacent to an activating group) is 2. The van der Waals surface area contributed by atoms with Crippen molar-refractivity contribution in [3.8, 4) is 5.75 Å². The van der Waals surface area contributed by atoms with E-state index in [9.17, 15) is 0 Å². The molecule has 17 heavy (non-hydrogen) atoms. The zero-order valence-corrected chi connectivity index (χ0v) is 11.5. The van der Waals surface area contributed by atoms with Crippen molar-refractivity contribution >= 4 is 17.3 Å². The van der Waals surface area contributed by atoms with Gasteiger partial charge in [0.2, 0.25) is 0 Å². The molecule has 0 amide bonds. The molecule has 0 radical (unpaired) electrons. The maximum absolute atomic E-state index is 6.15. The van der Waals surface area contributed by atoms with Crippen LogP contribution in [0.25, 0.3) is 0 Å². The average Bonchev–Trinajstić information content (AvgIpc) is 2.32. The highest BCUT2D eigenvalue weighted by Gasteiger charge is 2.05. The monoisotopic (exact) mass is 256 g/mol. The summed E-state index contributed by atoms with van der Waals surface area (Å²) in [6.07, 6.45) is 0. The minimum atomic E-state index is 0.634. The Balaban J connectivity index is 2.62. The summed E-state index contributed by atoms with van der Waals surface area (Å²) < 4.78 is 5.41. The molecule has 0 aliphatic heterocycles. The highest BCUT2D eigenvalue weighted by Crippen LogP contribution is 2.28. The number of benzene rings is 1. The maximum atomic E-state index is 6.15. The van der Waals surface area contributed by atoms with Gasteiger partial charge in [0.1, 0.15) is 5.75 Å². The van der Waals surface area contributed by atoms with Gasteiger partial charge >= 0.3 is 0 Å². The highest BCUT2D eigenvalue weighted by atomic mass is 35.5. The summed E-state index contributed by atoms with van der Waals surface area (Å²) >= 11 is 6.15. The van der Waals surface area contributed by atoms with Gasteiger partial charge in [-0.05, 0) is 31.7 Å². The third-order valence-electron chi connectivity index (χ3n) is 2.53. The van der Waals surface area contributed by atoms with Crippen LogP contribution in [0.1, 0.15) is 13.8 Å². The average molecular weight is 257 g/mol. The molecule has 0 unspecified atom stereocenters. The lowest BCUT2D eigenvalue weighted by molar-refractivity contribution is 0.340. The molecule has 0 spiro atoms. The lowest BCUT2D eigenvalue weighted by Gasteiger charge is -2.20. The number of rotatable bonds is 7. The van der Waals surface area contributed by atoms with Crippen LogP contribution in [0.3, 0.4) is 0 Å². The Kier molecular flexibility index (Phi) is 6.16. The molecular weight excluding hydrogens is 236 g/mol. The normalized spacial score (nSPS) is 10.4. The van der Waals surface area contributed by atoms with Crippen LogP contribution in [0.5, 0.6) is 5.75 Å². The lowest BCUT2D eigenvalue weighted by Crippen LogP contribution is -2.28. The van der Waals surface area contributed by atoms with Gasteiger partial charge in [-0.15, -0.1) is 0 Å². The molecule has 0 aliphatic carbocycles. The van der Waals surface area contributed by atoms with Crippen molar-refractivity contribution in [2.45, 2.75) is 13.8 Å². The molecule has 0 aromatic heterocycles. The van der Waals surface area contributed by atoms with Gasteiger partial charge in [0.05, 0.1) is 11.6 Å². The van der Waals surface area contributed by atoms with Crippen molar-refractivity contribution in [2.24, 2.45) is 0 Å². The Labute approximate surface area is 109 Å². The van der Waals surface area contributed by atoms with Gasteiger partial charge in [-0.3, -0.25) is 0 Å². The molecule has 0 atom stereocenters. The van der Waals surface area contributed by atoms with Gasteiger partial charge in [0.15, 0.2) is 0 Å². The quantitative estimate of drug-likeness (QED) is 0.760. The number of halogens is 1. The number of ether oxygens (including phenoxy) is 1. The summed E-state index contributed by atoms with van der Waals surface area (Å²) in [5.74, 6) is 0.748. The maximum Gasteiger partial charge on any atom is 0.138 e. The van der Waals surface area contributed by atoms with Crippen molar-refractivity contribution in [1.82, 2.24) is 5.32 Å². The summed E-state index contributed by atoms with van der Waals surface area (Å²) in [5, 5.41) is 3.96. The first kappa shape index (κ1) is 14.1. The Hall–Kier alpha value is -0.930. The highest BCUT2D eigenvalue weighted by molar-refractivity contribution is 6.32. The minimum absolute atomic E-state index is 0.634. The van der Waals surface area contributed by atoms with Gasteiger partial charge < -0.3 is 15.0 Å². The van der Waals surface area contributed by atoms with Gasteiger partial charge in [-0.25, -0.2) is 0 Å². The van der Waals surface area contributed by atoms with E-state index in [4.69, 9.17) is 16.3 Å². The molecule has 3 nitrogen and oxygen atoms in total. The molecule has 1 rings (SSSR count). The van der Waals surface area contributed by atoms with E-state index in [0.717, 1.165) is 31.1 Å². The summed E-state index contributed by atoms with van der Waals surface area (Å²) in [5.41, 5.74) is 1.11. The van der Waals surface area contributed by atoms with Crippen LogP contribution < -0.4 is 15.0 Å². The Morgan fingerprint density at radius 2 is 2.12 bits per heavy atom. The number of nitrogens with one attached hydrogen (secondary N) is 1. The molecule has 4 heteroatoms. The van der Waals surface area contributed by atoms with E-state index in [1.165, 1.54) is 0 Å². The molecule has 1 N–H and O–H groups in total. The zero-order chi connectivity index (χ0) is 12.7. The van der Waals surface area contributed by atoms with Crippen LogP contribution in [-0.4, -0.2) is 33.3 Å². The second kappa shape index (κ2) is 7.41. The first-order chi connectivity index (χ1) is 8.19. The van der Waals surface area contributed by atoms with E-state index in [-0.39, 0.29) is 0 Å². The molecule has 0 saturated heterocycles. The minimum Gasteiger partial charge on any atom is -0.492 e. The largest absolute Gasteiger partial charge is 0.492 e. The first-order valence-corrected chi connectivity index (χ1v) is 6.41. The van der Waals surface area contributed by atoms with E-state index in [1.807, 2.05) is 25.1 Å². The van der Waals surface area contributed by atoms with Gasteiger partial charge in [0.25, 0.3) is 0 Å². The molecule has 0 heterocycles. The first-order valence-electron chi connectivity index (χ1n) is 6.03. The van der Waals surface area contributed by atoms with Crippen LogP contribution in [0.15, 0.2) is 18.2 Å². The van der Waals surface area contributed by atoms with Crippen molar-refractivity contribution in [3.63, 3.8) is 0 Å². The van der Waals surface area contributed by atoms with E-state index < -0.39 is 0 Å². The molecule has 1 aromatic rings. The third-order valence-corrected chi connectivity index (χ3v) is 2.83. The fraction of sp³-hybridized carbons (Fsp3) is 0.538. The van der Waals surface area contributed by atoms with Gasteiger partial charge in [-0.1, -0.05) is 18.5 Å². The molecule has 0 saturated carbocycles. The number of hydrogen-bond donors (Lipinski definition) is 1. The van der Waals surface area contributed by atoms with Crippen LogP contribution in [0, 0.1) is 0 Å². The van der Waals surface area contributed by atoms with Crippen molar-refractivity contribution < 1.29 is 4.74 Å². The lowest BCUT2D eigenvalue weighted by atomic mass is 10.2. The predicted octanol–water partition coefficient (Wildman–Crippen LogP) is 2.78. The Bertz CT molecular complexity index is 344. The van der Waals surface area contributed by atoms with E-state index in [2.05, 4.69) is 24.2 Å². The second-order valence-corrected chi connectivity index (χ2v) is 4.23. The third kappa shape index (κ3) is 4.44. The van der Waals surface area contributed by atoms with Gasteiger partial charge in [0, 0.05) is 25.8 Å². The van der Waals surface area contributed by atoms with Crippen LogP contribution in [0.4, 0.5) is 5.69 Å².